The second kappa shape index (κ2) is 5.47. The normalized spacial score (nSPS) is 25.2. The molecular weight excluding hydrogens is 271 g/mol. The van der Waals surface area contributed by atoms with Gasteiger partial charge in [0.1, 0.15) is 5.82 Å². The predicted octanol–water partition coefficient (Wildman–Crippen LogP) is 1.87. The summed E-state index contributed by atoms with van der Waals surface area (Å²) in [5.41, 5.74) is 0.941. The van der Waals surface area contributed by atoms with Crippen LogP contribution in [0.1, 0.15) is 35.2 Å². The van der Waals surface area contributed by atoms with E-state index in [1.54, 1.807) is 24.0 Å². The highest BCUT2D eigenvalue weighted by atomic mass is 19.1. The molecule has 2 unspecified atom stereocenters. The molecule has 2 heterocycles. The lowest BCUT2D eigenvalue weighted by Crippen LogP contribution is -2.55. The molecule has 0 radical (unpaired) electrons. The first-order valence-corrected chi connectivity index (χ1v) is 7.39. The maximum atomic E-state index is 13.9. The Kier molecular flexibility index (Phi) is 3.66. The highest BCUT2D eigenvalue weighted by molar-refractivity contribution is 5.94. The average molecular weight is 290 g/mol. The molecule has 2 amide bonds. The quantitative estimate of drug-likeness (QED) is 0.858. The van der Waals surface area contributed by atoms with Crippen molar-refractivity contribution in [2.45, 2.75) is 32.2 Å². The van der Waals surface area contributed by atoms with Gasteiger partial charge in [-0.2, -0.15) is 0 Å². The van der Waals surface area contributed by atoms with Gasteiger partial charge in [0.05, 0.1) is 5.56 Å². The minimum Gasteiger partial charge on any atom is -0.353 e. The van der Waals surface area contributed by atoms with Crippen molar-refractivity contribution < 1.29 is 14.0 Å². The number of likely N-dealkylation sites (tertiary alicyclic amines) is 1. The van der Waals surface area contributed by atoms with Crippen LogP contribution < -0.4 is 5.32 Å². The van der Waals surface area contributed by atoms with Gasteiger partial charge in [0.2, 0.25) is 5.91 Å². The molecule has 112 valence electrons. The smallest absolute Gasteiger partial charge is 0.256 e. The second-order valence-corrected chi connectivity index (χ2v) is 6.00. The first kappa shape index (κ1) is 14.0. The number of hydrogen-bond acceptors (Lipinski definition) is 2. The van der Waals surface area contributed by atoms with Crippen LogP contribution in [-0.4, -0.2) is 35.8 Å². The molecule has 3 rings (SSSR count). The molecule has 0 bridgehead atoms. The van der Waals surface area contributed by atoms with E-state index in [0.29, 0.717) is 19.5 Å². The second-order valence-electron chi connectivity index (χ2n) is 6.00. The topological polar surface area (TPSA) is 49.4 Å². The van der Waals surface area contributed by atoms with Crippen LogP contribution in [0.3, 0.4) is 0 Å². The van der Waals surface area contributed by atoms with Crippen molar-refractivity contribution in [1.82, 2.24) is 10.2 Å². The highest BCUT2D eigenvalue weighted by Crippen LogP contribution is 2.26. The summed E-state index contributed by atoms with van der Waals surface area (Å²) in [7, 11) is 0. The lowest BCUT2D eigenvalue weighted by molar-refractivity contribution is -0.125. The van der Waals surface area contributed by atoms with E-state index >= 15 is 0 Å². The maximum Gasteiger partial charge on any atom is 0.256 e. The predicted molar refractivity (Wildman–Crippen MR) is 76.3 cm³/mol. The van der Waals surface area contributed by atoms with Crippen LogP contribution in [0.4, 0.5) is 4.39 Å². The van der Waals surface area contributed by atoms with Gasteiger partial charge < -0.3 is 10.2 Å². The van der Waals surface area contributed by atoms with E-state index in [1.165, 1.54) is 6.07 Å². The Bertz CT molecular complexity index is 588. The Balaban J connectivity index is 1.73. The van der Waals surface area contributed by atoms with Gasteiger partial charge in [-0.05, 0) is 43.4 Å². The molecule has 0 aliphatic carbocycles. The molecule has 0 saturated carbocycles. The monoisotopic (exact) mass is 290 g/mol. The molecule has 4 nitrogen and oxygen atoms in total. The summed E-state index contributed by atoms with van der Waals surface area (Å²) in [6.07, 6.45) is 2.06. The van der Waals surface area contributed by atoms with Gasteiger partial charge in [0.25, 0.3) is 5.91 Å². The van der Waals surface area contributed by atoms with E-state index in [1.807, 2.05) is 0 Å². The fourth-order valence-electron chi connectivity index (χ4n) is 3.26. The van der Waals surface area contributed by atoms with E-state index in [9.17, 15) is 14.0 Å². The first-order valence-electron chi connectivity index (χ1n) is 7.39. The van der Waals surface area contributed by atoms with E-state index < -0.39 is 5.82 Å². The molecule has 21 heavy (non-hydrogen) atoms. The van der Waals surface area contributed by atoms with Crippen molar-refractivity contribution in [1.29, 1.82) is 0 Å². The number of fused-ring (bicyclic) bond motifs is 1. The minimum absolute atomic E-state index is 0.0978. The third kappa shape index (κ3) is 2.77. The van der Waals surface area contributed by atoms with Gasteiger partial charge in [-0.3, -0.25) is 9.59 Å². The van der Waals surface area contributed by atoms with Crippen LogP contribution in [0.2, 0.25) is 0 Å². The van der Waals surface area contributed by atoms with Crippen molar-refractivity contribution in [3.05, 3.63) is 35.1 Å². The van der Waals surface area contributed by atoms with Crippen LogP contribution in [-0.2, 0) is 4.79 Å². The summed E-state index contributed by atoms with van der Waals surface area (Å²) < 4.78 is 13.9. The van der Waals surface area contributed by atoms with E-state index in [2.05, 4.69) is 5.32 Å². The van der Waals surface area contributed by atoms with Crippen LogP contribution in [0, 0.1) is 18.7 Å². The summed E-state index contributed by atoms with van der Waals surface area (Å²) in [4.78, 5) is 25.6. The van der Waals surface area contributed by atoms with Crippen LogP contribution in [0.15, 0.2) is 18.2 Å². The number of amides is 2. The summed E-state index contributed by atoms with van der Waals surface area (Å²) in [6, 6.07) is 4.87. The van der Waals surface area contributed by atoms with Crippen molar-refractivity contribution in [3.8, 4) is 0 Å². The van der Waals surface area contributed by atoms with Crippen LogP contribution in [0.25, 0.3) is 0 Å². The van der Waals surface area contributed by atoms with E-state index in [0.717, 1.165) is 18.4 Å². The number of piperidine rings is 2. The Hall–Kier alpha value is -1.91. The fourth-order valence-corrected chi connectivity index (χ4v) is 3.26. The average Bonchev–Trinajstić information content (AvgIpc) is 2.46. The SMILES string of the molecule is Cc1ccc(C(=O)N2CCC3NC(=O)CCC3C2)c(F)c1. The lowest BCUT2D eigenvalue weighted by Gasteiger charge is -2.41. The standard InChI is InChI=1S/C16H19FN2O2/c1-10-2-4-12(13(17)8-10)16(21)19-7-6-14-11(9-19)3-5-15(20)18-14/h2,4,8,11,14H,3,5-7,9H2,1H3,(H,18,20). The van der Waals surface area contributed by atoms with Gasteiger partial charge in [-0.15, -0.1) is 0 Å². The van der Waals surface area contributed by atoms with Gasteiger partial charge in [0, 0.05) is 25.6 Å². The van der Waals surface area contributed by atoms with E-state index in [4.69, 9.17) is 0 Å². The Morgan fingerprint density at radius 2 is 2.19 bits per heavy atom. The fraction of sp³-hybridized carbons (Fsp3) is 0.500. The number of nitrogens with zero attached hydrogens (tertiary/aromatic N) is 1. The summed E-state index contributed by atoms with van der Waals surface area (Å²) in [6.45, 7) is 2.96. The maximum absolute atomic E-state index is 13.9. The van der Waals surface area contributed by atoms with Crippen molar-refractivity contribution in [2.75, 3.05) is 13.1 Å². The van der Waals surface area contributed by atoms with E-state index in [-0.39, 0.29) is 29.3 Å². The number of hydrogen-bond donors (Lipinski definition) is 1. The number of carbonyl (C=O) groups is 2. The third-order valence-corrected chi connectivity index (χ3v) is 4.46. The number of aryl methyl sites for hydroxylation is 1. The summed E-state index contributed by atoms with van der Waals surface area (Å²) in [5.74, 6) is -0.323. The third-order valence-electron chi connectivity index (χ3n) is 4.46. The number of halogens is 1. The highest BCUT2D eigenvalue weighted by Gasteiger charge is 2.35. The van der Waals surface area contributed by atoms with Gasteiger partial charge in [-0.25, -0.2) is 4.39 Å². The number of rotatable bonds is 1. The van der Waals surface area contributed by atoms with Crippen molar-refractivity contribution in [2.24, 2.45) is 5.92 Å². The molecule has 2 aliphatic heterocycles. The molecule has 5 heteroatoms. The van der Waals surface area contributed by atoms with Crippen molar-refractivity contribution >= 4 is 11.8 Å². The molecular formula is C16H19FN2O2. The molecule has 2 atom stereocenters. The summed E-state index contributed by atoms with van der Waals surface area (Å²) in [5, 5.41) is 2.99. The molecule has 2 aliphatic rings. The zero-order chi connectivity index (χ0) is 15.0. The Morgan fingerprint density at radius 3 is 2.95 bits per heavy atom. The Morgan fingerprint density at radius 1 is 1.38 bits per heavy atom. The number of carbonyl (C=O) groups excluding carboxylic acids is 2. The van der Waals surface area contributed by atoms with Crippen LogP contribution >= 0.6 is 0 Å². The summed E-state index contributed by atoms with van der Waals surface area (Å²) >= 11 is 0. The zero-order valence-corrected chi connectivity index (χ0v) is 12.1. The first-order chi connectivity index (χ1) is 10.0. The Labute approximate surface area is 123 Å². The van der Waals surface area contributed by atoms with Crippen molar-refractivity contribution in [3.63, 3.8) is 0 Å². The minimum atomic E-state index is -0.459. The van der Waals surface area contributed by atoms with Crippen LogP contribution in [0.5, 0.6) is 0 Å². The zero-order valence-electron chi connectivity index (χ0n) is 12.1. The van der Waals surface area contributed by atoms with Gasteiger partial charge >= 0.3 is 0 Å². The lowest BCUT2D eigenvalue weighted by atomic mass is 9.85. The molecule has 1 aromatic rings. The molecule has 2 saturated heterocycles. The molecule has 0 aromatic heterocycles. The molecule has 2 fully saturated rings. The number of benzene rings is 1. The number of nitrogens with one attached hydrogen (secondary N) is 1. The largest absolute Gasteiger partial charge is 0.353 e. The molecule has 1 N–H and O–H groups in total. The molecule has 1 aromatic carbocycles. The molecule has 0 spiro atoms. The van der Waals surface area contributed by atoms with Gasteiger partial charge in [0.15, 0.2) is 0 Å². The van der Waals surface area contributed by atoms with Gasteiger partial charge in [-0.1, -0.05) is 6.07 Å².